The first-order chi connectivity index (χ1) is 18.1. The third-order valence-electron chi connectivity index (χ3n) is 5.92. The number of hydrogen-bond donors (Lipinski definition) is 2. The van der Waals surface area contributed by atoms with Crippen molar-refractivity contribution in [2.75, 3.05) is 19.7 Å². The maximum absolute atomic E-state index is 11.5. The van der Waals surface area contributed by atoms with Crippen molar-refractivity contribution in [2.24, 2.45) is 0 Å². The summed E-state index contributed by atoms with van der Waals surface area (Å²) in [5, 5.41) is 12.9. The quantitative estimate of drug-likeness (QED) is 0.282. The first kappa shape index (κ1) is 34.8. The predicted octanol–water partition coefficient (Wildman–Crippen LogP) is 7.84. The molecule has 0 radical (unpaired) electrons. The Morgan fingerprint density at radius 1 is 0.892 bits per heavy atom. The molecule has 2 atom stereocenters. The van der Waals surface area contributed by atoms with Crippen molar-refractivity contribution >= 4 is 5.97 Å². The minimum absolute atomic E-state index is 0.125. The first-order valence-electron chi connectivity index (χ1n) is 14.4. The second-order valence-electron chi connectivity index (χ2n) is 8.35. The maximum Gasteiger partial charge on any atom is 0.336 e. The summed E-state index contributed by atoms with van der Waals surface area (Å²) < 4.78 is 12.2. The van der Waals surface area contributed by atoms with Crippen molar-refractivity contribution in [3.8, 4) is 0 Å². The summed E-state index contributed by atoms with van der Waals surface area (Å²) in [7, 11) is 0. The predicted molar refractivity (Wildman–Crippen MR) is 157 cm³/mol. The monoisotopic (exact) mass is 515 g/mol. The topological polar surface area (TPSA) is 67.8 Å². The van der Waals surface area contributed by atoms with Gasteiger partial charge in [-0.3, -0.25) is 0 Å². The Bertz CT molecular complexity index is 810. The zero-order valence-electron chi connectivity index (χ0n) is 24.5. The van der Waals surface area contributed by atoms with E-state index in [-0.39, 0.29) is 12.2 Å². The van der Waals surface area contributed by atoms with E-state index in [0.717, 1.165) is 62.7 Å². The number of hydrogen-bond acceptors (Lipinski definition) is 4. The van der Waals surface area contributed by atoms with Crippen LogP contribution in [-0.2, 0) is 22.5 Å². The van der Waals surface area contributed by atoms with Gasteiger partial charge in [0.05, 0.1) is 31.0 Å². The Hall–Kier alpha value is -2.21. The highest BCUT2D eigenvalue weighted by Crippen LogP contribution is 2.25. The number of aryl methyl sites for hydroxylation is 2. The van der Waals surface area contributed by atoms with Crippen molar-refractivity contribution in [3.63, 3.8) is 0 Å². The van der Waals surface area contributed by atoms with Gasteiger partial charge in [0.15, 0.2) is 0 Å². The fraction of sp³-hybridized carbons (Fsp3) is 0.594. The van der Waals surface area contributed by atoms with Gasteiger partial charge in [0.25, 0.3) is 0 Å². The zero-order chi connectivity index (χ0) is 27.9. The number of nitrogens with one attached hydrogen (secondary N) is 1. The van der Waals surface area contributed by atoms with Crippen LogP contribution in [0.5, 0.6) is 0 Å². The van der Waals surface area contributed by atoms with E-state index in [1.54, 1.807) is 0 Å². The molecule has 1 saturated carbocycles. The maximum atomic E-state index is 11.5. The van der Waals surface area contributed by atoms with Crippen LogP contribution in [0.2, 0.25) is 0 Å². The van der Waals surface area contributed by atoms with Gasteiger partial charge in [0.1, 0.15) is 0 Å². The van der Waals surface area contributed by atoms with Crippen molar-refractivity contribution in [1.29, 1.82) is 0 Å². The first-order valence-corrected chi connectivity index (χ1v) is 14.4. The van der Waals surface area contributed by atoms with Crippen molar-refractivity contribution < 1.29 is 19.4 Å². The second-order valence-corrected chi connectivity index (χ2v) is 8.35. The average Bonchev–Trinajstić information content (AvgIpc) is 2.95. The molecule has 1 aliphatic carbocycles. The van der Waals surface area contributed by atoms with Crippen LogP contribution in [0.25, 0.3) is 0 Å². The smallest absolute Gasteiger partial charge is 0.336 e. The number of ether oxygens (including phenoxy) is 2. The van der Waals surface area contributed by atoms with Gasteiger partial charge in [-0.2, -0.15) is 0 Å². The molecule has 0 aliphatic heterocycles. The Morgan fingerprint density at radius 2 is 1.54 bits per heavy atom. The van der Waals surface area contributed by atoms with Crippen LogP contribution in [-0.4, -0.2) is 43.0 Å². The molecule has 3 rings (SSSR count). The molecule has 37 heavy (non-hydrogen) atoms. The number of carbonyl (C=O) groups is 1. The largest absolute Gasteiger partial charge is 0.478 e. The standard InChI is InChI=1S/C26H35NO4.3C2H6/c1-20-8-5-12-22(25(20)26(28)29)19-31-24-14-6-13-23(18-24)30-17-16-27-15-7-11-21-9-3-2-4-10-21;3*1-2/h2-5,8-10,12,23-24,27H,6-7,11,13-19H2,1H3,(H,28,29);3*1-2H3. The summed E-state index contributed by atoms with van der Waals surface area (Å²) >= 11 is 0. The molecule has 210 valence electrons. The Balaban J connectivity index is 0.00000201. The number of carboxylic acid groups (broad SMARTS) is 1. The van der Waals surface area contributed by atoms with Crippen molar-refractivity contribution in [3.05, 3.63) is 70.8 Å². The zero-order valence-corrected chi connectivity index (χ0v) is 24.5. The molecule has 2 aromatic carbocycles. The van der Waals surface area contributed by atoms with Gasteiger partial charge in [-0.1, -0.05) is 90.1 Å². The number of carboxylic acids is 1. The van der Waals surface area contributed by atoms with Crippen LogP contribution in [0.1, 0.15) is 101 Å². The number of rotatable bonds is 12. The van der Waals surface area contributed by atoms with E-state index >= 15 is 0 Å². The summed E-state index contributed by atoms with van der Waals surface area (Å²) in [5.41, 5.74) is 3.27. The van der Waals surface area contributed by atoms with E-state index in [2.05, 4.69) is 35.6 Å². The molecule has 0 bridgehead atoms. The molecular weight excluding hydrogens is 462 g/mol. The van der Waals surface area contributed by atoms with Gasteiger partial charge in [0.2, 0.25) is 0 Å². The highest BCUT2D eigenvalue weighted by atomic mass is 16.5. The lowest BCUT2D eigenvalue weighted by molar-refractivity contribution is -0.0495. The van der Waals surface area contributed by atoms with Crippen LogP contribution in [0.4, 0.5) is 0 Å². The fourth-order valence-electron chi connectivity index (χ4n) is 4.25. The van der Waals surface area contributed by atoms with E-state index in [4.69, 9.17) is 9.47 Å². The van der Waals surface area contributed by atoms with Crippen molar-refractivity contribution in [1.82, 2.24) is 5.32 Å². The Labute approximate surface area is 227 Å². The summed E-state index contributed by atoms with van der Waals surface area (Å²) in [5.74, 6) is -0.891. The van der Waals surface area contributed by atoms with Crippen LogP contribution < -0.4 is 5.32 Å². The lowest BCUT2D eigenvalue weighted by atomic mass is 9.94. The average molecular weight is 516 g/mol. The normalized spacial score (nSPS) is 16.2. The third-order valence-corrected chi connectivity index (χ3v) is 5.92. The molecule has 0 aromatic heterocycles. The van der Waals surface area contributed by atoms with Gasteiger partial charge in [0, 0.05) is 6.54 Å². The minimum atomic E-state index is -0.891. The second kappa shape index (κ2) is 22.9. The third kappa shape index (κ3) is 14.3. The molecule has 0 heterocycles. The van der Waals surface area contributed by atoms with Gasteiger partial charge in [-0.25, -0.2) is 4.79 Å². The molecule has 1 aliphatic rings. The molecule has 0 spiro atoms. The van der Waals surface area contributed by atoms with Crippen LogP contribution in [0.15, 0.2) is 48.5 Å². The van der Waals surface area contributed by atoms with Crippen LogP contribution in [0.3, 0.4) is 0 Å². The fourth-order valence-corrected chi connectivity index (χ4v) is 4.25. The molecule has 2 aromatic rings. The summed E-state index contributed by atoms with van der Waals surface area (Å²) in [6.07, 6.45) is 6.61. The molecule has 0 amide bonds. The molecule has 2 unspecified atom stereocenters. The highest BCUT2D eigenvalue weighted by molar-refractivity contribution is 5.91. The van der Waals surface area contributed by atoms with Gasteiger partial charge < -0.3 is 19.9 Å². The molecule has 5 heteroatoms. The van der Waals surface area contributed by atoms with E-state index < -0.39 is 5.97 Å². The van der Waals surface area contributed by atoms with Gasteiger partial charge in [-0.15, -0.1) is 0 Å². The molecule has 2 N–H and O–H groups in total. The molecular formula is C32H53NO4. The Morgan fingerprint density at radius 3 is 2.19 bits per heavy atom. The van der Waals surface area contributed by atoms with E-state index in [9.17, 15) is 9.90 Å². The van der Waals surface area contributed by atoms with E-state index in [1.807, 2.05) is 66.7 Å². The van der Waals surface area contributed by atoms with Gasteiger partial charge >= 0.3 is 5.97 Å². The van der Waals surface area contributed by atoms with Crippen molar-refractivity contribution in [2.45, 2.75) is 106 Å². The molecule has 0 saturated heterocycles. The highest BCUT2D eigenvalue weighted by Gasteiger charge is 2.24. The van der Waals surface area contributed by atoms with Crippen LogP contribution in [0, 0.1) is 6.92 Å². The minimum Gasteiger partial charge on any atom is -0.478 e. The summed E-state index contributed by atoms with van der Waals surface area (Å²) in [6.45, 7) is 16.7. The summed E-state index contributed by atoms with van der Waals surface area (Å²) in [6, 6.07) is 16.1. The lowest BCUT2D eigenvalue weighted by Crippen LogP contribution is -2.31. The molecule has 5 nitrogen and oxygen atoms in total. The summed E-state index contributed by atoms with van der Waals surface area (Å²) in [4.78, 5) is 11.5. The van der Waals surface area contributed by atoms with Gasteiger partial charge in [-0.05, 0) is 68.7 Å². The Kier molecular flexibility index (Phi) is 21.6. The van der Waals surface area contributed by atoms with Crippen LogP contribution >= 0.6 is 0 Å². The van der Waals surface area contributed by atoms with E-state index in [1.165, 1.54) is 5.56 Å². The number of benzene rings is 2. The number of aromatic carboxylic acids is 1. The van der Waals surface area contributed by atoms with E-state index in [0.29, 0.717) is 18.8 Å². The SMILES string of the molecule is CC.CC.CC.Cc1cccc(COC2CCCC(OCCNCCCc3ccccc3)C2)c1C(=O)O. The lowest BCUT2D eigenvalue weighted by Gasteiger charge is -2.29. The molecule has 1 fully saturated rings.